The average molecular weight is 287 g/mol. The highest BCUT2D eigenvalue weighted by Crippen LogP contribution is 2.24. The van der Waals surface area contributed by atoms with Crippen molar-refractivity contribution in [2.45, 2.75) is 6.61 Å². The molecular formula is C16H17NO4. The summed E-state index contributed by atoms with van der Waals surface area (Å²) in [7, 11) is 3.14. The third-order valence-electron chi connectivity index (χ3n) is 2.87. The van der Waals surface area contributed by atoms with Crippen molar-refractivity contribution in [3.63, 3.8) is 0 Å². The van der Waals surface area contributed by atoms with Crippen LogP contribution in [0.4, 0.5) is 10.5 Å². The molecule has 0 fully saturated rings. The monoisotopic (exact) mass is 287 g/mol. The highest BCUT2D eigenvalue weighted by molar-refractivity contribution is 5.84. The SMILES string of the molecule is COc1ccc(OC)c(COC(=O)Nc2ccccc2)c1. The van der Waals surface area contributed by atoms with Gasteiger partial charge >= 0.3 is 6.09 Å². The van der Waals surface area contributed by atoms with Gasteiger partial charge in [-0.1, -0.05) is 18.2 Å². The Morgan fingerprint density at radius 2 is 1.81 bits per heavy atom. The minimum Gasteiger partial charge on any atom is -0.497 e. The molecule has 0 atom stereocenters. The van der Waals surface area contributed by atoms with E-state index in [1.54, 1.807) is 44.6 Å². The van der Waals surface area contributed by atoms with Gasteiger partial charge in [0.05, 0.1) is 14.2 Å². The summed E-state index contributed by atoms with van der Waals surface area (Å²) < 4.78 is 15.6. The van der Waals surface area contributed by atoms with E-state index in [0.717, 1.165) is 5.56 Å². The molecule has 21 heavy (non-hydrogen) atoms. The fourth-order valence-corrected chi connectivity index (χ4v) is 1.81. The number of carbonyl (C=O) groups is 1. The number of nitrogens with one attached hydrogen (secondary N) is 1. The van der Waals surface area contributed by atoms with Gasteiger partial charge in [-0.2, -0.15) is 0 Å². The quantitative estimate of drug-likeness (QED) is 0.915. The lowest BCUT2D eigenvalue weighted by Crippen LogP contribution is -2.13. The zero-order chi connectivity index (χ0) is 15.1. The Kier molecular flexibility index (Phi) is 5.04. The van der Waals surface area contributed by atoms with Crippen LogP contribution in [0.2, 0.25) is 0 Å². The lowest BCUT2D eigenvalue weighted by atomic mass is 10.2. The van der Waals surface area contributed by atoms with Crippen LogP contribution < -0.4 is 14.8 Å². The predicted octanol–water partition coefficient (Wildman–Crippen LogP) is 3.45. The van der Waals surface area contributed by atoms with Gasteiger partial charge in [0.15, 0.2) is 0 Å². The van der Waals surface area contributed by atoms with Gasteiger partial charge < -0.3 is 14.2 Å². The number of benzene rings is 2. The maximum absolute atomic E-state index is 11.7. The molecule has 1 amide bonds. The Balaban J connectivity index is 1.97. The highest BCUT2D eigenvalue weighted by atomic mass is 16.5. The van der Waals surface area contributed by atoms with E-state index in [4.69, 9.17) is 14.2 Å². The molecule has 2 aromatic carbocycles. The molecule has 5 nitrogen and oxygen atoms in total. The van der Waals surface area contributed by atoms with Crippen LogP contribution in [0.3, 0.4) is 0 Å². The van der Waals surface area contributed by atoms with E-state index in [1.807, 2.05) is 18.2 Å². The van der Waals surface area contributed by atoms with Crippen LogP contribution in [0.5, 0.6) is 11.5 Å². The molecule has 0 aliphatic carbocycles. The summed E-state index contributed by atoms with van der Waals surface area (Å²) in [6.07, 6.45) is -0.522. The van der Waals surface area contributed by atoms with E-state index in [2.05, 4.69) is 5.32 Å². The number of hydrogen-bond acceptors (Lipinski definition) is 4. The van der Waals surface area contributed by atoms with Crippen molar-refractivity contribution < 1.29 is 19.0 Å². The largest absolute Gasteiger partial charge is 0.497 e. The van der Waals surface area contributed by atoms with E-state index in [1.165, 1.54) is 0 Å². The molecule has 0 saturated heterocycles. The van der Waals surface area contributed by atoms with Gasteiger partial charge in [0.1, 0.15) is 18.1 Å². The Bertz CT molecular complexity index is 598. The van der Waals surface area contributed by atoms with Crippen LogP contribution in [0.15, 0.2) is 48.5 Å². The summed E-state index contributed by atoms with van der Waals surface area (Å²) in [5.41, 5.74) is 1.42. The van der Waals surface area contributed by atoms with E-state index in [-0.39, 0.29) is 6.61 Å². The molecule has 0 radical (unpaired) electrons. The number of hydrogen-bond donors (Lipinski definition) is 1. The zero-order valence-electron chi connectivity index (χ0n) is 12.0. The summed E-state index contributed by atoms with van der Waals surface area (Å²) in [5, 5.41) is 2.65. The number of carbonyl (C=O) groups excluding carboxylic acids is 1. The van der Waals surface area contributed by atoms with Crippen molar-refractivity contribution in [2.75, 3.05) is 19.5 Å². The zero-order valence-corrected chi connectivity index (χ0v) is 12.0. The maximum Gasteiger partial charge on any atom is 0.411 e. The van der Waals surface area contributed by atoms with Crippen molar-refractivity contribution in [1.29, 1.82) is 0 Å². The molecule has 110 valence electrons. The highest BCUT2D eigenvalue weighted by Gasteiger charge is 2.09. The topological polar surface area (TPSA) is 56.8 Å². The minimum atomic E-state index is -0.522. The van der Waals surface area contributed by atoms with Crippen molar-refractivity contribution in [3.8, 4) is 11.5 Å². The number of para-hydroxylation sites is 1. The Morgan fingerprint density at radius 1 is 1.05 bits per heavy atom. The molecule has 0 bridgehead atoms. The number of rotatable bonds is 5. The fraction of sp³-hybridized carbons (Fsp3) is 0.188. The van der Waals surface area contributed by atoms with Gasteiger partial charge in [-0.25, -0.2) is 4.79 Å². The molecule has 0 aliphatic heterocycles. The lowest BCUT2D eigenvalue weighted by molar-refractivity contribution is 0.154. The third-order valence-corrected chi connectivity index (χ3v) is 2.87. The Morgan fingerprint density at radius 3 is 2.48 bits per heavy atom. The van der Waals surface area contributed by atoms with Crippen molar-refractivity contribution in [3.05, 3.63) is 54.1 Å². The predicted molar refractivity (Wildman–Crippen MR) is 79.8 cm³/mol. The van der Waals surface area contributed by atoms with Gasteiger partial charge in [0.25, 0.3) is 0 Å². The number of amides is 1. The first-order valence-electron chi connectivity index (χ1n) is 6.42. The second kappa shape index (κ2) is 7.19. The normalized spacial score (nSPS) is 9.81. The van der Waals surface area contributed by atoms with Crippen LogP contribution in [-0.2, 0) is 11.3 Å². The molecule has 0 saturated carbocycles. The maximum atomic E-state index is 11.7. The van der Waals surface area contributed by atoms with E-state index >= 15 is 0 Å². The summed E-state index contributed by atoms with van der Waals surface area (Å²) in [6.45, 7) is 0.0963. The van der Waals surface area contributed by atoms with Crippen LogP contribution >= 0.6 is 0 Å². The van der Waals surface area contributed by atoms with Crippen LogP contribution in [-0.4, -0.2) is 20.3 Å². The fourth-order valence-electron chi connectivity index (χ4n) is 1.81. The molecule has 1 N–H and O–H groups in total. The number of ether oxygens (including phenoxy) is 3. The van der Waals surface area contributed by atoms with E-state index in [9.17, 15) is 4.79 Å². The summed E-state index contributed by atoms with van der Waals surface area (Å²) in [4.78, 5) is 11.7. The molecular weight excluding hydrogens is 270 g/mol. The number of anilines is 1. The van der Waals surface area contributed by atoms with Crippen LogP contribution in [0.1, 0.15) is 5.56 Å². The molecule has 0 heterocycles. The standard InChI is InChI=1S/C16H17NO4/c1-19-14-8-9-15(20-2)12(10-14)11-21-16(18)17-13-6-4-3-5-7-13/h3-10H,11H2,1-2H3,(H,17,18). The van der Waals surface area contributed by atoms with Crippen molar-refractivity contribution >= 4 is 11.8 Å². The van der Waals surface area contributed by atoms with Gasteiger partial charge in [-0.15, -0.1) is 0 Å². The lowest BCUT2D eigenvalue weighted by Gasteiger charge is -2.11. The van der Waals surface area contributed by atoms with Gasteiger partial charge in [0.2, 0.25) is 0 Å². The Hall–Kier alpha value is -2.69. The molecule has 5 heteroatoms. The molecule has 0 unspecified atom stereocenters. The summed E-state index contributed by atoms with van der Waals surface area (Å²) in [5.74, 6) is 1.32. The van der Waals surface area contributed by atoms with Crippen LogP contribution in [0, 0.1) is 0 Å². The first-order valence-corrected chi connectivity index (χ1v) is 6.42. The van der Waals surface area contributed by atoms with E-state index < -0.39 is 6.09 Å². The van der Waals surface area contributed by atoms with Crippen molar-refractivity contribution in [2.24, 2.45) is 0 Å². The van der Waals surface area contributed by atoms with Gasteiger partial charge in [-0.3, -0.25) is 5.32 Å². The van der Waals surface area contributed by atoms with Gasteiger partial charge in [0, 0.05) is 11.3 Å². The second-order valence-corrected chi connectivity index (χ2v) is 4.24. The van der Waals surface area contributed by atoms with Crippen molar-refractivity contribution in [1.82, 2.24) is 0 Å². The molecule has 0 aromatic heterocycles. The Labute approximate surface area is 123 Å². The molecule has 0 aliphatic rings. The molecule has 2 aromatic rings. The van der Waals surface area contributed by atoms with Crippen LogP contribution in [0.25, 0.3) is 0 Å². The smallest absolute Gasteiger partial charge is 0.411 e. The van der Waals surface area contributed by atoms with E-state index in [0.29, 0.717) is 17.2 Å². The van der Waals surface area contributed by atoms with Gasteiger partial charge in [-0.05, 0) is 30.3 Å². The first-order chi connectivity index (χ1) is 10.2. The molecule has 2 rings (SSSR count). The average Bonchev–Trinajstić information content (AvgIpc) is 2.53. The first kappa shape index (κ1) is 14.7. The second-order valence-electron chi connectivity index (χ2n) is 4.24. The molecule has 0 spiro atoms. The minimum absolute atomic E-state index is 0.0963. The number of methoxy groups -OCH3 is 2. The third kappa shape index (κ3) is 4.14. The summed E-state index contributed by atoms with van der Waals surface area (Å²) in [6, 6.07) is 14.4. The summed E-state index contributed by atoms with van der Waals surface area (Å²) >= 11 is 0.